The molecule has 0 aromatic heterocycles. The minimum absolute atomic E-state index is 0.0342. The van der Waals surface area contributed by atoms with E-state index < -0.39 is 5.92 Å². The van der Waals surface area contributed by atoms with Crippen LogP contribution in [0.15, 0.2) is 24.3 Å². The van der Waals surface area contributed by atoms with Crippen LogP contribution in [-0.2, 0) is 16.1 Å². The van der Waals surface area contributed by atoms with E-state index in [1.165, 1.54) is 26.2 Å². The molecule has 1 atom stereocenters. The summed E-state index contributed by atoms with van der Waals surface area (Å²) in [5.74, 6) is 0.545. The lowest BCUT2D eigenvalue weighted by Gasteiger charge is -2.25. The lowest BCUT2D eigenvalue weighted by molar-refractivity contribution is -0.134. The van der Waals surface area contributed by atoms with E-state index in [4.69, 9.17) is 4.74 Å². The van der Waals surface area contributed by atoms with Crippen molar-refractivity contribution < 1.29 is 14.3 Å². The number of hydrogen-bond acceptors (Lipinski definition) is 3. The largest absolute Gasteiger partial charge is 0.496 e. The number of nitrogens with one attached hydrogen (secondary N) is 1. The molecule has 4 nitrogen and oxygen atoms in total. The quantitative estimate of drug-likeness (QED) is 0.783. The maximum Gasteiger partial charge on any atom is 0.230 e. The molecule has 1 aromatic carbocycles. The van der Waals surface area contributed by atoms with Crippen LogP contribution >= 0.6 is 0 Å². The van der Waals surface area contributed by atoms with Crippen molar-refractivity contribution in [3.8, 4) is 5.75 Å². The number of carbonyl (C=O) groups is 2. The number of ether oxygens (including phenoxy) is 1. The van der Waals surface area contributed by atoms with Gasteiger partial charge in [-0.2, -0.15) is 0 Å². The van der Waals surface area contributed by atoms with E-state index in [0.717, 1.165) is 24.2 Å². The SMILES string of the molecule is COc1ccccc1CNC(=O)C(CC1CCCCC1)C(C)=O. The highest BCUT2D eigenvalue weighted by Crippen LogP contribution is 2.29. The highest BCUT2D eigenvalue weighted by Gasteiger charge is 2.27. The minimum atomic E-state index is -0.521. The van der Waals surface area contributed by atoms with Gasteiger partial charge in [0.15, 0.2) is 0 Å². The summed E-state index contributed by atoms with van der Waals surface area (Å²) in [5.41, 5.74) is 0.920. The summed E-state index contributed by atoms with van der Waals surface area (Å²) in [6.45, 7) is 1.91. The number of hydrogen-bond donors (Lipinski definition) is 1. The summed E-state index contributed by atoms with van der Waals surface area (Å²) in [6.07, 6.45) is 6.69. The van der Waals surface area contributed by atoms with Gasteiger partial charge < -0.3 is 10.1 Å². The first-order valence-electron chi connectivity index (χ1n) is 8.52. The Morgan fingerprint density at radius 1 is 1.22 bits per heavy atom. The van der Waals surface area contributed by atoms with Crippen molar-refractivity contribution in [1.82, 2.24) is 5.32 Å². The molecule has 1 aliphatic carbocycles. The van der Waals surface area contributed by atoms with Crippen LogP contribution in [-0.4, -0.2) is 18.8 Å². The normalized spacial score (nSPS) is 16.6. The Morgan fingerprint density at radius 3 is 2.57 bits per heavy atom. The maximum absolute atomic E-state index is 12.5. The van der Waals surface area contributed by atoms with Gasteiger partial charge in [0.2, 0.25) is 5.91 Å². The molecular formula is C19H27NO3. The molecule has 1 saturated carbocycles. The Balaban J connectivity index is 1.93. The highest BCUT2D eigenvalue weighted by molar-refractivity contribution is 6.00. The molecular weight excluding hydrogens is 290 g/mol. The summed E-state index contributed by atoms with van der Waals surface area (Å²) in [4.78, 5) is 24.4. The van der Waals surface area contributed by atoms with Crippen LogP contribution in [0.1, 0.15) is 51.0 Å². The molecule has 0 spiro atoms. The molecule has 1 N–H and O–H groups in total. The number of rotatable bonds is 7. The summed E-state index contributed by atoms with van der Waals surface area (Å²) in [5, 5.41) is 2.90. The number of ketones is 1. The summed E-state index contributed by atoms with van der Waals surface area (Å²) in [6, 6.07) is 7.59. The zero-order valence-corrected chi connectivity index (χ0v) is 14.1. The highest BCUT2D eigenvalue weighted by atomic mass is 16.5. The van der Waals surface area contributed by atoms with E-state index in [-0.39, 0.29) is 11.7 Å². The molecule has 0 saturated heterocycles. The van der Waals surface area contributed by atoms with Crippen molar-refractivity contribution in [2.24, 2.45) is 11.8 Å². The van der Waals surface area contributed by atoms with Crippen molar-refractivity contribution in [2.75, 3.05) is 7.11 Å². The molecule has 1 amide bonds. The number of methoxy groups -OCH3 is 1. The van der Waals surface area contributed by atoms with Crippen LogP contribution in [0.5, 0.6) is 5.75 Å². The van der Waals surface area contributed by atoms with Gasteiger partial charge in [0.25, 0.3) is 0 Å². The van der Waals surface area contributed by atoms with Crippen molar-refractivity contribution in [1.29, 1.82) is 0 Å². The Hall–Kier alpha value is -1.84. The van der Waals surface area contributed by atoms with Gasteiger partial charge in [-0.05, 0) is 25.3 Å². The molecule has 0 aliphatic heterocycles. The van der Waals surface area contributed by atoms with Gasteiger partial charge in [0.1, 0.15) is 11.5 Å². The van der Waals surface area contributed by atoms with Gasteiger partial charge in [-0.1, -0.05) is 50.3 Å². The van der Waals surface area contributed by atoms with Crippen molar-refractivity contribution in [3.05, 3.63) is 29.8 Å². The molecule has 0 radical (unpaired) electrons. The third kappa shape index (κ3) is 5.08. The second-order valence-electron chi connectivity index (χ2n) is 6.43. The third-order valence-corrected chi connectivity index (χ3v) is 4.75. The molecule has 1 aliphatic rings. The van der Waals surface area contributed by atoms with E-state index >= 15 is 0 Å². The van der Waals surface area contributed by atoms with E-state index in [1.807, 2.05) is 24.3 Å². The number of carbonyl (C=O) groups excluding carboxylic acids is 2. The van der Waals surface area contributed by atoms with Gasteiger partial charge >= 0.3 is 0 Å². The molecule has 2 rings (SSSR count). The van der Waals surface area contributed by atoms with Crippen LogP contribution in [0, 0.1) is 11.8 Å². The van der Waals surface area contributed by atoms with Gasteiger partial charge in [-0.3, -0.25) is 9.59 Å². The zero-order chi connectivity index (χ0) is 16.7. The topological polar surface area (TPSA) is 55.4 Å². The zero-order valence-electron chi connectivity index (χ0n) is 14.1. The summed E-state index contributed by atoms with van der Waals surface area (Å²) in [7, 11) is 1.61. The average Bonchev–Trinajstić information content (AvgIpc) is 2.58. The van der Waals surface area contributed by atoms with Crippen LogP contribution in [0.4, 0.5) is 0 Å². The van der Waals surface area contributed by atoms with Crippen molar-refractivity contribution in [3.63, 3.8) is 0 Å². The van der Waals surface area contributed by atoms with Gasteiger partial charge in [-0.15, -0.1) is 0 Å². The fourth-order valence-corrected chi connectivity index (χ4v) is 3.37. The summed E-state index contributed by atoms with van der Waals surface area (Å²) >= 11 is 0. The number of para-hydroxylation sites is 1. The van der Waals surface area contributed by atoms with Crippen LogP contribution < -0.4 is 10.1 Å². The Bertz CT molecular complexity index is 535. The smallest absolute Gasteiger partial charge is 0.230 e. The van der Waals surface area contributed by atoms with E-state index in [9.17, 15) is 9.59 Å². The van der Waals surface area contributed by atoms with Crippen molar-refractivity contribution in [2.45, 2.75) is 52.0 Å². The molecule has 1 aromatic rings. The Kier molecular flexibility index (Phi) is 6.63. The second-order valence-corrected chi connectivity index (χ2v) is 6.43. The Labute approximate surface area is 138 Å². The van der Waals surface area contributed by atoms with Gasteiger partial charge in [-0.25, -0.2) is 0 Å². The molecule has 23 heavy (non-hydrogen) atoms. The second kappa shape index (κ2) is 8.70. The molecule has 0 bridgehead atoms. The molecule has 4 heteroatoms. The van der Waals surface area contributed by atoms with Crippen LogP contribution in [0.2, 0.25) is 0 Å². The first-order chi connectivity index (χ1) is 11.1. The minimum Gasteiger partial charge on any atom is -0.496 e. The molecule has 1 fully saturated rings. The first kappa shape index (κ1) is 17.5. The molecule has 1 unspecified atom stereocenters. The standard InChI is InChI=1S/C19H27NO3/c1-14(21)17(12-15-8-4-3-5-9-15)19(22)20-13-16-10-6-7-11-18(16)23-2/h6-7,10-11,15,17H,3-5,8-9,12-13H2,1-2H3,(H,20,22). The van der Waals surface area contributed by atoms with Crippen molar-refractivity contribution >= 4 is 11.7 Å². The van der Waals surface area contributed by atoms with E-state index in [1.54, 1.807) is 7.11 Å². The number of amides is 1. The monoisotopic (exact) mass is 317 g/mol. The van der Waals surface area contributed by atoms with Crippen LogP contribution in [0.25, 0.3) is 0 Å². The summed E-state index contributed by atoms with van der Waals surface area (Å²) < 4.78 is 5.29. The van der Waals surface area contributed by atoms with E-state index in [2.05, 4.69) is 5.32 Å². The van der Waals surface area contributed by atoms with Gasteiger partial charge in [0, 0.05) is 12.1 Å². The number of benzene rings is 1. The third-order valence-electron chi connectivity index (χ3n) is 4.75. The first-order valence-corrected chi connectivity index (χ1v) is 8.52. The van der Waals surface area contributed by atoms with Crippen LogP contribution in [0.3, 0.4) is 0 Å². The Morgan fingerprint density at radius 2 is 1.91 bits per heavy atom. The predicted octanol–water partition coefficient (Wildman–Crippen LogP) is 3.49. The lowest BCUT2D eigenvalue weighted by atomic mass is 9.81. The fourth-order valence-electron chi connectivity index (χ4n) is 3.37. The van der Waals surface area contributed by atoms with Gasteiger partial charge in [0.05, 0.1) is 13.0 Å². The molecule has 0 heterocycles. The van der Waals surface area contributed by atoms with E-state index in [0.29, 0.717) is 18.9 Å². The fraction of sp³-hybridized carbons (Fsp3) is 0.579. The average molecular weight is 317 g/mol. The lowest BCUT2D eigenvalue weighted by Crippen LogP contribution is -2.35. The molecule has 126 valence electrons. The number of Topliss-reactive ketones (excluding diaryl/α,β-unsaturated/α-hetero) is 1. The predicted molar refractivity (Wildman–Crippen MR) is 90.2 cm³/mol. The maximum atomic E-state index is 12.5.